The Morgan fingerprint density at radius 3 is 2.80 bits per heavy atom. The summed E-state index contributed by atoms with van der Waals surface area (Å²) in [6.07, 6.45) is 5.29. The molecule has 2 amide bonds. The monoisotopic (exact) mass is 279 g/mol. The van der Waals surface area contributed by atoms with Gasteiger partial charge in [0.25, 0.3) is 0 Å². The highest BCUT2D eigenvalue weighted by Gasteiger charge is 2.30. The second kappa shape index (κ2) is 7.33. The summed E-state index contributed by atoms with van der Waals surface area (Å²) in [4.78, 5) is 11.7. The van der Waals surface area contributed by atoms with Crippen molar-refractivity contribution in [3.63, 3.8) is 0 Å². The van der Waals surface area contributed by atoms with E-state index in [0.717, 1.165) is 19.6 Å². The molecule has 0 spiro atoms. The first kappa shape index (κ1) is 14.9. The first-order chi connectivity index (χ1) is 9.66. The van der Waals surface area contributed by atoms with Crippen molar-refractivity contribution in [2.75, 3.05) is 19.7 Å². The molecule has 1 fully saturated rings. The lowest BCUT2D eigenvalue weighted by molar-refractivity contribution is 0.0545. The van der Waals surface area contributed by atoms with Crippen molar-refractivity contribution < 1.29 is 9.53 Å². The molecule has 2 atom stereocenters. The second-order valence-corrected chi connectivity index (χ2v) is 5.69. The van der Waals surface area contributed by atoms with E-state index in [1.165, 1.54) is 0 Å². The number of hydrogen-bond acceptors (Lipinski definition) is 2. The number of nitrogens with one attached hydrogen (secondary N) is 2. The normalized spacial score (nSPS) is 22.1. The fourth-order valence-corrected chi connectivity index (χ4v) is 2.71. The van der Waals surface area contributed by atoms with E-state index in [0.29, 0.717) is 24.9 Å². The Labute approximate surface area is 120 Å². The van der Waals surface area contributed by atoms with Gasteiger partial charge >= 0.3 is 6.03 Å². The number of nitrogens with zero attached hydrogens (tertiary/aromatic N) is 1. The predicted molar refractivity (Wildman–Crippen MR) is 78.5 cm³/mol. The summed E-state index contributed by atoms with van der Waals surface area (Å²) in [6.45, 7) is 7.26. The number of ether oxygens (including phenoxy) is 1. The smallest absolute Gasteiger partial charge is 0.314 e. The van der Waals surface area contributed by atoms with Gasteiger partial charge in [0.15, 0.2) is 0 Å². The van der Waals surface area contributed by atoms with Crippen LogP contribution < -0.4 is 10.6 Å². The highest BCUT2D eigenvalue weighted by molar-refractivity contribution is 5.73. The molecule has 0 radical (unpaired) electrons. The minimum atomic E-state index is -0.0911. The Morgan fingerprint density at radius 1 is 1.35 bits per heavy atom. The molecule has 1 aliphatic heterocycles. The van der Waals surface area contributed by atoms with E-state index in [1.807, 2.05) is 29.1 Å². The molecule has 0 aromatic carbocycles. The van der Waals surface area contributed by atoms with Crippen LogP contribution in [-0.4, -0.2) is 36.4 Å². The van der Waals surface area contributed by atoms with E-state index in [-0.39, 0.29) is 12.1 Å². The van der Waals surface area contributed by atoms with Gasteiger partial charge in [-0.25, -0.2) is 4.79 Å². The van der Waals surface area contributed by atoms with Gasteiger partial charge in [-0.2, -0.15) is 0 Å². The molecule has 2 N–H and O–H groups in total. The highest BCUT2D eigenvalue weighted by Crippen LogP contribution is 2.25. The minimum Gasteiger partial charge on any atom is -0.378 e. The lowest BCUT2D eigenvalue weighted by Crippen LogP contribution is -2.41. The van der Waals surface area contributed by atoms with Crippen molar-refractivity contribution in [3.8, 4) is 0 Å². The number of hydrogen-bond donors (Lipinski definition) is 2. The molecule has 0 aliphatic carbocycles. The minimum absolute atomic E-state index is 0.0911. The van der Waals surface area contributed by atoms with Crippen LogP contribution in [-0.2, 0) is 11.3 Å². The maximum absolute atomic E-state index is 11.7. The number of rotatable bonds is 6. The second-order valence-electron chi connectivity index (χ2n) is 5.69. The van der Waals surface area contributed by atoms with E-state index in [1.54, 1.807) is 0 Å². The van der Waals surface area contributed by atoms with Gasteiger partial charge in [0.05, 0.1) is 6.10 Å². The maximum atomic E-state index is 11.7. The Hall–Kier alpha value is -1.49. The van der Waals surface area contributed by atoms with Crippen molar-refractivity contribution in [1.82, 2.24) is 15.2 Å². The van der Waals surface area contributed by atoms with Gasteiger partial charge in [0.1, 0.15) is 0 Å². The van der Waals surface area contributed by atoms with Gasteiger partial charge < -0.3 is 19.9 Å². The fourth-order valence-electron chi connectivity index (χ4n) is 2.71. The number of amides is 2. The van der Waals surface area contributed by atoms with E-state index in [4.69, 9.17) is 4.74 Å². The van der Waals surface area contributed by atoms with Crippen molar-refractivity contribution in [2.24, 2.45) is 11.8 Å². The third-order valence-corrected chi connectivity index (χ3v) is 3.77. The van der Waals surface area contributed by atoms with Crippen LogP contribution in [0.4, 0.5) is 4.79 Å². The molecule has 2 heterocycles. The first-order valence-corrected chi connectivity index (χ1v) is 7.41. The molecular formula is C15H25N3O2. The molecule has 2 rings (SSSR count). The largest absolute Gasteiger partial charge is 0.378 e. The van der Waals surface area contributed by atoms with E-state index in [2.05, 4.69) is 24.5 Å². The van der Waals surface area contributed by atoms with Crippen LogP contribution in [0.3, 0.4) is 0 Å². The third kappa shape index (κ3) is 4.27. The average Bonchev–Trinajstić information content (AvgIpc) is 3.07. The molecule has 1 aromatic rings. The van der Waals surface area contributed by atoms with Gasteiger partial charge in [0.2, 0.25) is 0 Å². The molecule has 1 aromatic heterocycles. The van der Waals surface area contributed by atoms with Gasteiger partial charge in [-0.05, 0) is 24.5 Å². The quantitative estimate of drug-likeness (QED) is 0.835. The SMILES string of the molecule is CC(C)[C@H]1OCC[C@@H]1CNC(=O)NCCn1cccc1. The third-order valence-electron chi connectivity index (χ3n) is 3.77. The summed E-state index contributed by atoms with van der Waals surface area (Å²) < 4.78 is 7.76. The zero-order chi connectivity index (χ0) is 14.4. The molecule has 1 aliphatic rings. The molecular weight excluding hydrogens is 254 g/mol. The predicted octanol–water partition coefficient (Wildman–Crippen LogP) is 1.85. The van der Waals surface area contributed by atoms with Crippen LogP contribution in [0.2, 0.25) is 0 Å². The standard InChI is InChI=1S/C15H25N3O2/c1-12(2)14-13(5-10-20-14)11-17-15(19)16-6-9-18-7-3-4-8-18/h3-4,7-8,12-14H,5-6,9-11H2,1-2H3,(H2,16,17,19)/t13-,14-/m1/s1. The van der Waals surface area contributed by atoms with Crippen LogP contribution in [0, 0.1) is 11.8 Å². The number of carbonyl (C=O) groups excluding carboxylic acids is 1. The molecule has 20 heavy (non-hydrogen) atoms. The maximum Gasteiger partial charge on any atom is 0.314 e. The van der Waals surface area contributed by atoms with Crippen molar-refractivity contribution >= 4 is 6.03 Å². The van der Waals surface area contributed by atoms with Crippen molar-refractivity contribution in [1.29, 1.82) is 0 Å². The number of aromatic nitrogens is 1. The van der Waals surface area contributed by atoms with Crippen LogP contribution in [0.5, 0.6) is 0 Å². The molecule has 0 bridgehead atoms. The average molecular weight is 279 g/mol. The Kier molecular flexibility index (Phi) is 5.47. The highest BCUT2D eigenvalue weighted by atomic mass is 16.5. The van der Waals surface area contributed by atoms with Crippen LogP contribution in [0.15, 0.2) is 24.5 Å². The van der Waals surface area contributed by atoms with Crippen molar-refractivity contribution in [2.45, 2.75) is 32.9 Å². The number of urea groups is 1. The summed E-state index contributed by atoms with van der Waals surface area (Å²) in [6, 6.07) is 3.87. The van der Waals surface area contributed by atoms with E-state index >= 15 is 0 Å². The lowest BCUT2D eigenvalue weighted by atomic mass is 9.93. The fraction of sp³-hybridized carbons (Fsp3) is 0.667. The molecule has 0 saturated carbocycles. The van der Waals surface area contributed by atoms with Crippen LogP contribution in [0.1, 0.15) is 20.3 Å². The van der Waals surface area contributed by atoms with Crippen molar-refractivity contribution in [3.05, 3.63) is 24.5 Å². The summed E-state index contributed by atoms with van der Waals surface area (Å²) in [5, 5.41) is 5.83. The molecule has 1 saturated heterocycles. The number of carbonyl (C=O) groups is 1. The zero-order valence-electron chi connectivity index (χ0n) is 12.3. The summed E-state index contributed by atoms with van der Waals surface area (Å²) in [5.41, 5.74) is 0. The topological polar surface area (TPSA) is 55.3 Å². The first-order valence-electron chi connectivity index (χ1n) is 7.41. The molecule has 5 nitrogen and oxygen atoms in total. The summed E-state index contributed by atoms with van der Waals surface area (Å²) in [7, 11) is 0. The Bertz CT molecular complexity index is 403. The van der Waals surface area contributed by atoms with Gasteiger partial charge in [-0.15, -0.1) is 0 Å². The van der Waals surface area contributed by atoms with E-state index in [9.17, 15) is 4.79 Å². The zero-order valence-corrected chi connectivity index (χ0v) is 12.3. The van der Waals surface area contributed by atoms with E-state index < -0.39 is 0 Å². The molecule has 0 unspecified atom stereocenters. The Morgan fingerprint density at radius 2 is 2.10 bits per heavy atom. The van der Waals surface area contributed by atoms with Crippen LogP contribution >= 0.6 is 0 Å². The van der Waals surface area contributed by atoms with Gasteiger partial charge in [-0.1, -0.05) is 13.8 Å². The lowest BCUT2D eigenvalue weighted by Gasteiger charge is -2.22. The van der Waals surface area contributed by atoms with Gasteiger partial charge in [0, 0.05) is 44.6 Å². The van der Waals surface area contributed by atoms with Crippen LogP contribution in [0.25, 0.3) is 0 Å². The molecule has 5 heteroatoms. The molecule has 112 valence electrons. The van der Waals surface area contributed by atoms with Gasteiger partial charge in [-0.3, -0.25) is 0 Å². The Balaban J connectivity index is 1.62. The summed E-state index contributed by atoms with van der Waals surface area (Å²) >= 11 is 0. The summed E-state index contributed by atoms with van der Waals surface area (Å²) in [5.74, 6) is 0.936.